The molecule has 0 bridgehead atoms. The van der Waals surface area contributed by atoms with Gasteiger partial charge in [-0.2, -0.15) is 0 Å². The molecule has 0 fully saturated rings. The number of aromatic nitrogens is 3. The fraction of sp³-hybridized carbons (Fsp3) is 0.129. The van der Waals surface area contributed by atoms with Crippen LogP contribution in [-0.2, 0) is 5.75 Å². The zero-order chi connectivity index (χ0) is 28.8. The number of carbonyl (C=O) groups excluding carboxylic acids is 1. The van der Waals surface area contributed by atoms with E-state index in [4.69, 9.17) is 14.2 Å². The second kappa shape index (κ2) is 12.6. The Bertz CT molecular complexity index is 1670. The molecule has 5 aromatic rings. The molecule has 1 amide bonds. The molecule has 0 aliphatic heterocycles. The highest BCUT2D eigenvalue weighted by atomic mass is 32.2. The van der Waals surface area contributed by atoms with Crippen LogP contribution in [0.15, 0.2) is 96.2 Å². The van der Waals surface area contributed by atoms with Crippen molar-refractivity contribution >= 4 is 23.4 Å². The molecule has 0 aliphatic carbocycles. The number of anilines is 1. The fourth-order valence-corrected chi connectivity index (χ4v) is 5.08. The van der Waals surface area contributed by atoms with Gasteiger partial charge in [0.1, 0.15) is 11.6 Å². The molecule has 0 saturated carbocycles. The first-order valence-electron chi connectivity index (χ1n) is 12.6. The lowest BCUT2D eigenvalue weighted by Crippen LogP contribution is -2.12. The van der Waals surface area contributed by atoms with Gasteiger partial charge < -0.3 is 19.5 Å². The molecule has 1 heterocycles. The number of hydrogen-bond acceptors (Lipinski definition) is 7. The van der Waals surface area contributed by atoms with E-state index in [2.05, 4.69) is 15.5 Å². The summed E-state index contributed by atoms with van der Waals surface area (Å²) in [7, 11) is 4.69. The summed E-state index contributed by atoms with van der Waals surface area (Å²) < 4.78 is 32.6. The van der Waals surface area contributed by atoms with Gasteiger partial charge in [-0.3, -0.25) is 9.36 Å². The molecule has 41 heavy (non-hydrogen) atoms. The van der Waals surface area contributed by atoms with E-state index >= 15 is 0 Å². The average Bonchev–Trinajstić information content (AvgIpc) is 3.44. The number of nitrogens with one attached hydrogen (secondary N) is 1. The minimum atomic E-state index is -0.386. The minimum Gasteiger partial charge on any atom is -0.497 e. The number of ether oxygens (including phenoxy) is 3. The first kappa shape index (κ1) is 27.7. The lowest BCUT2D eigenvalue weighted by Gasteiger charge is -2.12. The number of para-hydroxylation sites is 1. The fourth-order valence-electron chi connectivity index (χ4n) is 4.18. The Hall–Kier alpha value is -4.83. The van der Waals surface area contributed by atoms with Gasteiger partial charge in [0.2, 0.25) is 0 Å². The number of halogens is 1. The summed E-state index contributed by atoms with van der Waals surface area (Å²) in [5.41, 5.74) is 3.15. The van der Waals surface area contributed by atoms with Crippen LogP contribution >= 0.6 is 11.8 Å². The highest BCUT2D eigenvalue weighted by Crippen LogP contribution is 2.33. The van der Waals surface area contributed by atoms with Crippen LogP contribution < -0.4 is 19.5 Å². The van der Waals surface area contributed by atoms with Crippen molar-refractivity contribution in [1.29, 1.82) is 0 Å². The van der Waals surface area contributed by atoms with E-state index < -0.39 is 0 Å². The summed E-state index contributed by atoms with van der Waals surface area (Å²) in [6.07, 6.45) is 0. The molecule has 8 nitrogen and oxygen atoms in total. The average molecular weight is 571 g/mol. The summed E-state index contributed by atoms with van der Waals surface area (Å²) in [6, 6.07) is 26.4. The second-order valence-electron chi connectivity index (χ2n) is 8.83. The number of hydrogen-bond donors (Lipinski definition) is 1. The predicted octanol–water partition coefficient (Wildman–Crippen LogP) is 6.64. The van der Waals surface area contributed by atoms with Crippen molar-refractivity contribution in [2.24, 2.45) is 0 Å². The molecule has 1 N–H and O–H groups in total. The lowest BCUT2D eigenvalue weighted by molar-refractivity contribution is 0.102. The summed E-state index contributed by atoms with van der Waals surface area (Å²) in [5, 5.41) is 12.2. The monoisotopic (exact) mass is 570 g/mol. The minimum absolute atomic E-state index is 0.251. The van der Waals surface area contributed by atoms with E-state index in [9.17, 15) is 9.18 Å². The molecular weight excluding hydrogens is 543 g/mol. The van der Waals surface area contributed by atoms with Gasteiger partial charge in [0.15, 0.2) is 22.5 Å². The topological polar surface area (TPSA) is 87.5 Å². The van der Waals surface area contributed by atoms with Crippen LogP contribution in [-0.4, -0.2) is 42.0 Å². The molecule has 0 unspecified atom stereocenters. The number of methoxy groups -OCH3 is 3. The smallest absolute Gasteiger partial charge is 0.255 e. The van der Waals surface area contributed by atoms with Gasteiger partial charge >= 0.3 is 0 Å². The zero-order valence-electron chi connectivity index (χ0n) is 22.6. The van der Waals surface area contributed by atoms with E-state index in [1.54, 1.807) is 74.4 Å². The maximum atomic E-state index is 14.9. The quantitative estimate of drug-likeness (QED) is 0.188. The normalized spacial score (nSPS) is 10.7. The van der Waals surface area contributed by atoms with Gasteiger partial charge in [0.05, 0.1) is 27.0 Å². The molecule has 0 radical (unpaired) electrons. The maximum Gasteiger partial charge on any atom is 0.255 e. The van der Waals surface area contributed by atoms with Gasteiger partial charge in [-0.15, -0.1) is 10.2 Å². The SMILES string of the molecule is COc1cccc(-c2nnc(SCc3ccc(C(=O)Nc4ccc(OC)c(OC)c4)cc3)n2-c2ccccc2F)c1. The van der Waals surface area contributed by atoms with Crippen LogP contribution in [0.1, 0.15) is 15.9 Å². The van der Waals surface area contributed by atoms with Crippen LogP contribution in [0.5, 0.6) is 17.2 Å². The van der Waals surface area contributed by atoms with E-state index in [1.165, 1.54) is 17.8 Å². The summed E-state index contributed by atoms with van der Waals surface area (Å²) >= 11 is 1.42. The second-order valence-corrected chi connectivity index (χ2v) is 9.78. The van der Waals surface area contributed by atoms with E-state index in [1.807, 2.05) is 36.4 Å². The summed E-state index contributed by atoms with van der Waals surface area (Å²) in [5.74, 6) is 2.15. The largest absolute Gasteiger partial charge is 0.497 e. The molecular formula is C31H27FN4O4S. The molecule has 0 atom stereocenters. The third-order valence-electron chi connectivity index (χ3n) is 6.28. The molecule has 4 aromatic carbocycles. The van der Waals surface area contributed by atoms with Crippen molar-refractivity contribution in [3.63, 3.8) is 0 Å². The Kier molecular flexibility index (Phi) is 8.50. The Labute approximate surface area is 241 Å². The Morgan fingerprint density at radius 3 is 2.37 bits per heavy atom. The number of nitrogens with zero attached hydrogens (tertiary/aromatic N) is 3. The van der Waals surface area contributed by atoms with Crippen LogP contribution in [0.4, 0.5) is 10.1 Å². The summed E-state index contributed by atoms with van der Waals surface area (Å²) in [6.45, 7) is 0. The van der Waals surface area contributed by atoms with Crippen LogP contribution in [0.3, 0.4) is 0 Å². The van der Waals surface area contributed by atoms with Crippen molar-refractivity contribution < 1.29 is 23.4 Å². The first-order valence-corrected chi connectivity index (χ1v) is 13.6. The van der Waals surface area contributed by atoms with E-state index in [-0.39, 0.29) is 11.7 Å². The molecule has 5 rings (SSSR count). The lowest BCUT2D eigenvalue weighted by atomic mass is 10.1. The third kappa shape index (κ3) is 6.17. The van der Waals surface area contributed by atoms with E-state index in [0.717, 1.165) is 11.1 Å². The Morgan fingerprint density at radius 1 is 0.854 bits per heavy atom. The van der Waals surface area contributed by atoms with Gasteiger partial charge in [-0.1, -0.05) is 48.2 Å². The van der Waals surface area contributed by atoms with Crippen LogP contribution in [0.25, 0.3) is 17.1 Å². The number of thioether (sulfide) groups is 1. The predicted molar refractivity (Wildman–Crippen MR) is 157 cm³/mol. The van der Waals surface area contributed by atoms with Crippen molar-refractivity contribution in [3.8, 4) is 34.3 Å². The highest BCUT2D eigenvalue weighted by molar-refractivity contribution is 7.98. The summed E-state index contributed by atoms with van der Waals surface area (Å²) in [4.78, 5) is 12.8. The number of amides is 1. The van der Waals surface area contributed by atoms with Crippen molar-refractivity contribution in [2.45, 2.75) is 10.9 Å². The standard InChI is InChI=1S/C31H27FN4O4S/c1-38-24-8-6-7-22(17-24)29-34-35-31(36(29)26-10-5-4-9-25(26)32)41-19-20-11-13-21(14-12-20)30(37)33-23-15-16-27(39-2)28(18-23)40-3/h4-18H,19H2,1-3H3,(H,33,37). The van der Waals surface area contributed by atoms with E-state index in [0.29, 0.717) is 50.9 Å². The number of carbonyl (C=O) groups is 1. The molecule has 1 aromatic heterocycles. The van der Waals surface area contributed by atoms with Gasteiger partial charge in [0, 0.05) is 28.6 Å². The molecule has 0 aliphatic rings. The van der Waals surface area contributed by atoms with Crippen molar-refractivity contribution in [1.82, 2.24) is 14.8 Å². The van der Waals surface area contributed by atoms with Crippen molar-refractivity contribution in [3.05, 3.63) is 108 Å². The Balaban J connectivity index is 1.34. The molecule has 10 heteroatoms. The van der Waals surface area contributed by atoms with Gasteiger partial charge in [-0.25, -0.2) is 4.39 Å². The van der Waals surface area contributed by atoms with Gasteiger partial charge in [-0.05, 0) is 54.1 Å². The molecule has 0 spiro atoms. The maximum absolute atomic E-state index is 14.9. The number of benzene rings is 4. The van der Waals surface area contributed by atoms with Crippen LogP contribution in [0.2, 0.25) is 0 Å². The number of rotatable bonds is 10. The molecule has 0 saturated heterocycles. The third-order valence-corrected chi connectivity index (χ3v) is 7.28. The highest BCUT2D eigenvalue weighted by Gasteiger charge is 2.19. The van der Waals surface area contributed by atoms with Crippen molar-refractivity contribution in [2.75, 3.05) is 26.6 Å². The first-order chi connectivity index (χ1) is 20.0. The zero-order valence-corrected chi connectivity index (χ0v) is 23.4. The van der Waals surface area contributed by atoms with Gasteiger partial charge in [0.25, 0.3) is 5.91 Å². The van der Waals surface area contributed by atoms with Crippen LogP contribution in [0, 0.1) is 5.82 Å². The molecule has 208 valence electrons. The Morgan fingerprint density at radius 2 is 1.63 bits per heavy atom.